The van der Waals surface area contributed by atoms with Crippen LogP contribution in [0, 0.1) is 12.8 Å². The second-order valence-corrected chi connectivity index (χ2v) is 5.04. The van der Waals surface area contributed by atoms with Crippen LogP contribution < -0.4 is 0 Å². The van der Waals surface area contributed by atoms with Crippen LogP contribution in [0.3, 0.4) is 0 Å². The SMILES string of the molecule is COCCN1CC=CCC(C)C1=O.Cc1ccccc1. The molecule has 0 aromatic heterocycles. The summed E-state index contributed by atoms with van der Waals surface area (Å²) in [6.45, 7) is 6.10. The Morgan fingerprint density at radius 2 is 1.95 bits per heavy atom. The minimum Gasteiger partial charge on any atom is -0.383 e. The van der Waals surface area contributed by atoms with Gasteiger partial charge in [-0.2, -0.15) is 0 Å². The quantitative estimate of drug-likeness (QED) is 0.794. The second-order valence-electron chi connectivity index (χ2n) is 5.04. The summed E-state index contributed by atoms with van der Waals surface area (Å²) in [5.41, 5.74) is 1.32. The number of benzene rings is 1. The largest absolute Gasteiger partial charge is 0.383 e. The molecule has 0 radical (unpaired) electrons. The van der Waals surface area contributed by atoms with Crippen molar-refractivity contribution in [1.82, 2.24) is 4.90 Å². The van der Waals surface area contributed by atoms with Crippen molar-refractivity contribution in [3.05, 3.63) is 48.0 Å². The zero-order valence-electron chi connectivity index (χ0n) is 12.7. The Labute approximate surface area is 122 Å². The molecular formula is C17H25NO2. The van der Waals surface area contributed by atoms with E-state index < -0.39 is 0 Å². The molecule has 1 aliphatic rings. The van der Waals surface area contributed by atoms with E-state index >= 15 is 0 Å². The van der Waals surface area contributed by atoms with Crippen LogP contribution in [0.15, 0.2) is 42.5 Å². The lowest BCUT2D eigenvalue weighted by Gasteiger charge is -2.21. The Kier molecular flexibility index (Phi) is 7.66. The Morgan fingerprint density at radius 3 is 2.50 bits per heavy atom. The van der Waals surface area contributed by atoms with Gasteiger partial charge in [-0.25, -0.2) is 0 Å². The molecule has 1 aliphatic heterocycles. The van der Waals surface area contributed by atoms with E-state index in [1.54, 1.807) is 7.11 Å². The fourth-order valence-electron chi connectivity index (χ4n) is 1.94. The van der Waals surface area contributed by atoms with Gasteiger partial charge in [0.2, 0.25) is 5.91 Å². The first-order valence-electron chi connectivity index (χ1n) is 7.09. The molecule has 0 N–H and O–H groups in total. The number of amides is 1. The van der Waals surface area contributed by atoms with Crippen molar-refractivity contribution < 1.29 is 9.53 Å². The average molecular weight is 275 g/mol. The number of nitrogens with zero attached hydrogens (tertiary/aromatic N) is 1. The van der Waals surface area contributed by atoms with E-state index in [9.17, 15) is 4.79 Å². The molecule has 1 aromatic carbocycles. The summed E-state index contributed by atoms with van der Waals surface area (Å²) in [6.07, 6.45) is 4.99. The maximum Gasteiger partial charge on any atom is 0.226 e. The minimum absolute atomic E-state index is 0.121. The smallest absolute Gasteiger partial charge is 0.226 e. The molecule has 0 spiro atoms. The third kappa shape index (κ3) is 6.02. The summed E-state index contributed by atoms with van der Waals surface area (Å²) in [4.78, 5) is 13.5. The summed E-state index contributed by atoms with van der Waals surface area (Å²) in [7, 11) is 1.65. The van der Waals surface area contributed by atoms with Crippen LogP contribution in [-0.2, 0) is 9.53 Å². The lowest BCUT2D eigenvalue weighted by atomic mass is 10.1. The van der Waals surface area contributed by atoms with Crippen molar-refractivity contribution in [2.24, 2.45) is 5.92 Å². The molecule has 0 saturated heterocycles. The molecule has 0 aliphatic carbocycles. The Hall–Kier alpha value is -1.61. The molecule has 1 unspecified atom stereocenters. The van der Waals surface area contributed by atoms with Crippen LogP contribution in [-0.4, -0.2) is 37.6 Å². The van der Waals surface area contributed by atoms with Crippen LogP contribution in [0.4, 0.5) is 0 Å². The molecule has 1 heterocycles. The van der Waals surface area contributed by atoms with Gasteiger partial charge in [0.25, 0.3) is 0 Å². The third-order valence-corrected chi connectivity index (χ3v) is 3.22. The fourth-order valence-corrected chi connectivity index (χ4v) is 1.94. The Balaban J connectivity index is 0.000000240. The fraction of sp³-hybridized carbons (Fsp3) is 0.471. The zero-order chi connectivity index (χ0) is 14.8. The first-order chi connectivity index (χ1) is 9.65. The molecule has 0 bridgehead atoms. The monoisotopic (exact) mass is 275 g/mol. The van der Waals surface area contributed by atoms with Gasteiger partial charge in [-0.05, 0) is 13.3 Å². The van der Waals surface area contributed by atoms with Crippen molar-refractivity contribution in [2.45, 2.75) is 20.3 Å². The Bertz CT molecular complexity index is 414. The van der Waals surface area contributed by atoms with E-state index in [2.05, 4.69) is 31.2 Å². The number of hydrogen-bond acceptors (Lipinski definition) is 2. The first-order valence-corrected chi connectivity index (χ1v) is 7.09. The number of aryl methyl sites for hydroxylation is 1. The van der Waals surface area contributed by atoms with E-state index in [-0.39, 0.29) is 11.8 Å². The molecule has 3 heteroatoms. The van der Waals surface area contributed by atoms with Crippen LogP contribution in [0.5, 0.6) is 0 Å². The third-order valence-electron chi connectivity index (χ3n) is 3.22. The first kappa shape index (κ1) is 16.4. The molecule has 0 fully saturated rings. The van der Waals surface area contributed by atoms with Crippen LogP contribution in [0.1, 0.15) is 18.9 Å². The number of methoxy groups -OCH3 is 1. The van der Waals surface area contributed by atoms with Crippen LogP contribution in [0.2, 0.25) is 0 Å². The number of ether oxygens (including phenoxy) is 1. The molecule has 0 saturated carbocycles. The molecule has 20 heavy (non-hydrogen) atoms. The van der Waals surface area contributed by atoms with Gasteiger partial charge in [-0.3, -0.25) is 4.79 Å². The highest BCUT2D eigenvalue weighted by atomic mass is 16.5. The lowest BCUT2D eigenvalue weighted by Crippen LogP contribution is -2.36. The van der Waals surface area contributed by atoms with Crippen molar-refractivity contribution in [2.75, 3.05) is 26.8 Å². The normalized spacial score (nSPS) is 18.2. The molecule has 1 aromatic rings. The number of allylic oxidation sites excluding steroid dienone is 1. The highest BCUT2D eigenvalue weighted by Crippen LogP contribution is 2.11. The van der Waals surface area contributed by atoms with Crippen molar-refractivity contribution in [1.29, 1.82) is 0 Å². The molecule has 1 amide bonds. The molecule has 2 rings (SSSR count). The van der Waals surface area contributed by atoms with Gasteiger partial charge < -0.3 is 9.64 Å². The van der Waals surface area contributed by atoms with Gasteiger partial charge in [0.05, 0.1) is 6.61 Å². The van der Waals surface area contributed by atoms with Crippen molar-refractivity contribution in [3.63, 3.8) is 0 Å². The van der Waals surface area contributed by atoms with Crippen molar-refractivity contribution >= 4 is 5.91 Å². The molecule has 1 atom stereocenters. The highest BCUT2D eigenvalue weighted by molar-refractivity contribution is 5.79. The van der Waals surface area contributed by atoms with Crippen molar-refractivity contribution in [3.8, 4) is 0 Å². The molecular weight excluding hydrogens is 250 g/mol. The van der Waals surface area contributed by atoms with E-state index in [1.807, 2.05) is 30.0 Å². The van der Waals surface area contributed by atoms with E-state index in [1.165, 1.54) is 5.56 Å². The standard InChI is InChI=1S/C10H17NO2.C7H8/c1-9-5-3-4-6-11(10(9)12)7-8-13-2;1-7-5-3-2-4-6-7/h3-4,9H,5-8H2,1-2H3;2-6H,1H3. The van der Waals surface area contributed by atoms with Gasteiger partial charge in [-0.1, -0.05) is 55.0 Å². The van der Waals surface area contributed by atoms with E-state index in [4.69, 9.17) is 4.74 Å². The van der Waals surface area contributed by atoms with E-state index in [0.29, 0.717) is 13.2 Å². The van der Waals surface area contributed by atoms with Gasteiger partial charge in [0.15, 0.2) is 0 Å². The molecule has 3 nitrogen and oxygen atoms in total. The Morgan fingerprint density at radius 1 is 1.25 bits per heavy atom. The maximum absolute atomic E-state index is 11.7. The summed E-state index contributed by atoms with van der Waals surface area (Å²) >= 11 is 0. The summed E-state index contributed by atoms with van der Waals surface area (Å²) in [5.74, 6) is 0.359. The highest BCUT2D eigenvalue weighted by Gasteiger charge is 2.20. The number of hydrogen-bond donors (Lipinski definition) is 0. The summed E-state index contributed by atoms with van der Waals surface area (Å²) < 4.78 is 4.95. The predicted molar refractivity (Wildman–Crippen MR) is 82.6 cm³/mol. The predicted octanol–water partition coefficient (Wildman–Crippen LogP) is 3.05. The van der Waals surface area contributed by atoms with Gasteiger partial charge >= 0.3 is 0 Å². The average Bonchev–Trinajstić information content (AvgIpc) is 2.61. The van der Waals surface area contributed by atoms with Gasteiger partial charge in [0.1, 0.15) is 0 Å². The zero-order valence-corrected chi connectivity index (χ0v) is 12.7. The molecule has 110 valence electrons. The van der Waals surface area contributed by atoms with Gasteiger partial charge in [0, 0.05) is 26.1 Å². The minimum atomic E-state index is 0.121. The maximum atomic E-state index is 11.7. The second kappa shape index (κ2) is 9.32. The van der Waals surface area contributed by atoms with Crippen LogP contribution >= 0.6 is 0 Å². The lowest BCUT2D eigenvalue weighted by molar-refractivity contribution is -0.134. The van der Waals surface area contributed by atoms with Gasteiger partial charge in [-0.15, -0.1) is 0 Å². The summed E-state index contributed by atoms with van der Waals surface area (Å²) in [5, 5.41) is 0. The van der Waals surface area contributed by atoms with Crippen LogP contribution in [0.25, 0.3) is 0 Å². The number of carbonyl (C=O) groups excluding carboxylic acids is 1. The topological polar surface area (TPSA) is 29.5 Å². The summed E-state index contributed by atoms with van der Waals surface area (Å²) in [6, 6.07) is 10.3. The van der Waals surface area contributed by atoms with E-state index in [0.717, 1.165) is 13.0 Å². The number of rotatable bonds is 3. The number of carbonyl (C=O) groups is 1.